The number of hydrogen-bond acceptors (Lipinski definition) is 3. The van der Waals surface area contributed by atoms with Crippen LogP contribution in [0.1, 0.15) is 18.4 Å². The third-order valence-corrected chi connectivity index (χ3v) is 3.22. The Kier molecular flexibility index (Phi) is 3.15. The van der Waals surface area contributed by atoms with E-state index < -0.39 is 0 Å². The van der Waals surface area contributed by atoms with Crippen LogP contribution in [0.5, 0.6) is 5.75 Å². The zero-order valence-electron chi connectivity index (χ0n) is 10.8. The minimum Gasteiger partial charge on any atom is -0.493 e. The summed E-state index contributed by atoms with van der Waals surface area (Å²) in [6.45, 7) is 2.58. The molecule has 0 N–H and O–H groups in total. The molecule has 1 heterocycles. The highest BCUT2D eigenvalue weighted by molar-refractivity contribution is 5.64. The molecule has 1 aromatic carbocycles. The van der Waals surface area contributed by atoms with Crippen molar-refractivity contribution in [1.82, 2.24) is 9.97 Å². The third kappa shape index (κ3) is 2.89. The number of benzene rings is 1. The monoisotopic (exact) mass is 258 g/mol. The SMILES string of the molecule is Cc1cncnc1-c1cc(F)cc(OCC2CC2)c1. The van der Waals surface area contributed by atoms with E-state index in [1.165, 1.54) is 31.3 Å². The molecule has 0 radical (unpaired) electrons. The van der Waals surface area contributed by atoms with Crippen molar-refractivity contribution in [3.8, 4) is 17.0 Å². The Morgan fingerprint density at radius 1 is 1.32 bits per heavy atom. The molecule has 3 rings (SSSR count). The molecule has 2 aromatic rings. The summed E-state index contributed by atoms with van der Waals surface area (Å²) in [5.41, 5.74) is 2.39. The van der Waals surface area contributed by atoms with E-state index in [2.05, 4.69) is 9.97 Å². The largest absolute Gasteiger partial charge is 0.493 e. The fourth-order valence-electron chi connectivity index (χ4n) is 1.98. The van der Waals surface area contributed by atoms with Crippen molar-refractivity contribution in [2.75, 3.05) is 6.61 Å². The molecular formula is C15H15FN2O. The summed E-state index contributed by atoms with van der Waals surface area (Å²) >= 11 is 0. The molecule has 19 heavy (non-hydrogen) atoms. The van der Waals surface area contributed by atoms with E-state index in [1.807, 2.05) is 13.0 Å². The van der Waals surface area contributed by atoms with E-state index in [1.54, 1.807) is 6.20 Å². The lowest BCUT2D eigenvalue weighted by molar-refractivity contribution is 0.298. The quantitative estimate of drug-likeness (QED) is 0.843. The van der Waals surface area contributed by atoms with Gasteiger partial charge in [-0.15, -0.1) is 0 Å². The molecule has 1 saturated carbocycles. The molecule has 0 amide bonds. The van der Waals surface area contributed by atoms with Crippen molar-refractivity contribution < 1.29 is 9.13 Å². The van der Waals surface area contributed by atoms with Crippen molar-refractivity contribution in [1.29, 1.82) is 0 Å². The summed E-state index contributed by atoms with van der Waals surface area (Å²) in [5, 5.41) is 0. The highest BCUT2D eigenvalue weighted by Gasteiger charge is 2.22. The third-order valence-electron chi connectivity index (χ3n) is 3.22. The van der Waals surface area contributed by atoms with E-state index in [4.69, 9.17) is 4.74 Å². The van der Waals surface area contributed by atoms with Gasteiger partial charge in [0.15, 0.2) is 0 Å². The van der Waals surface area contributed by atoms with Gasteiger partial charge in [-0.1, -0.05) is 0 Å². The molecule has 0 saturated heterocycles. The highest BCUT2D eigenvalue weighted by Crippen LogP contribution is 2.31. The van der Waals surface area contributed by atoms with Gasteiger partial charge in [0.25, 0.3) is 0 Å². The Balaban J connectivity index is 1.90. The summed E-state index contributed by atoms with van der Waals surface area (Å²) < 4.78 is 19.3. The van der Waals surface area contributed by atoms with Gasteiger partial charge in [0, 0.05) is 17.8 Å². The van der Waals surface area contributed by atoms with E-state index in [0.29, 0.717) is 18.3 Å². The van der Waals surface area contributed by atoms with Gasteiger partial charge in [0.05, 0.1) is 12.3 Å². The Labute approximate surface area is 111 Å². The van der Waals surface area contributed by atoms with Crippen LogP contribution in [0.2, 0.25) is 0 Å². The molecule has 3 nitrogen and oxygen atoms in total. The van der Waals surface area contributed by atoms with Crippen molar-refractivity contribution in [2.24, 2.45) is 5.92 Å². The Morgan fingerprint density at radius 2 is 2.16 bits per heavy atom. The Bertz CT molecular complexity index is 596. The van der Waals surface area contributed by atoms with Crippen LogP contribution in [0.25, 0.3) is 11.3 Å². The summed E-state index contributed by atoms with van der Waals surface area (Å²) in [6, 6.07) is 4.72. The number of aromatic nitrogens is 2. The van der Waals surface area contributed by atoms with Gasteiger partial charge in [0.1, 0.15) is 17.9 Å². The highest BCUT2D eigenvalue weighted by atomic mass is 19.1. The fraction of sp³-hybridized carbons (Fsp3) is 0.333. The molecule has 1 aliphatic carbocycles. The van der Waals surface area contributed by atoms with Crippen LogP contribution in [0.3, 0.4) is 0 Å². The molecular weight excluding hydrogens is 243 g/mol. The molecule has 0 aliphatic heterocycles. The number of ether oxygens (including phenoxy) is 1. The Hall–Kier alpha value is -1.97. The van der Waals surface area contributed by atoms with Gasteiger partial charge in [-0.05, 0) is 43.4 Å². The van der Waals surface area contributed by atoms with Crippen LogP contribution in [0.4, 0.5) is 4.39 Å². The molecule has 0 unspecified atom stereocenters. The molecule has 1 aliphatic rings. The molecule has 4 heteroatoms. The van der Waals surface area contributed by atoms with Crippen molar-refractivity contribution in [3.63, 3.8) is 0 Å². The second kappa shape index (κ2) is 4.96. The zero-order chi connectivity index (χ0) is 13.2. The van der Waals surface area contributed by atoms with Crippen molar-refractivity contribution in [2.45, 2.75) is 19.8 Å². The minimum absolute atomic E-state index is 0.304. The lowest BCUT2D eigenvalue weighted by Gasteiger charge is -2.09. The first kappa shape index (κ1) is 12.1. The number of nitrogens with zero attached hydrogens (tertiary/aromatic N) is 2. The second-order valence-electron chi connectivity index (χ2n) is 4.98. The van der Waals surface area contributed by atoms with Crippen LogP contribution in [-0.4, -0.2) is 16.6 Å². The first-order chi connectivity index (χ1) is 9.22. The predicted molar refractivity (Wildman–Crippen MR) is 70.4 cm³/mol. The van der Waals surface area contributed by atoms with E-state index >= 15 is 0 Å². The topological polar surface area (TPSA) is 35.0 Å². The van der Waals surface area contributed by atoms with Crippen molar-refractivity contribution >= 4 is 0 Å². The van der Waals surface area contributed by atoms with Crippen LogP contribution in [0, 0.1) is 18.7 Å². The summed E-state index contributed by atoms with van der Waals surface area (Å²) in [4.78, 5) is 8.15. The average Bonchev–Trinajstić information content (AvgIpc) is 3.20. The smallest absolute Gasteiger partial charge is 0.127 e. The molecule has 1 fully saturated rings. The fourth-order valence-corrected chi connectivity index (χ4v) is 1.98. The molecule has 1 aromatic heterocycles. The van der Waals surface area contributed by atoms with Crippen LogP contribution in [-0.2, 0) is 0 Å². The first-order valence-corrected chi connectivity index (χ1v) is 6.43. The van der Waals surface area contributed by atoms with Gasteiger partial charge >= 0.3 is 0 Å². The standard InChI is InChI=1S/C15H15FN2O/c1-10-7-17-9-18-15(10)12-4-13(16)6-14(5-12)19-8-11-2-3-11/h4-7,9,11H,2-3,8H2,1H3. The molecule has 0 bridgehead atoms. The van der Waals surface area contributed by atoms with Gasteiger partial charge in [-0.2, -0.15) is 0 Å². The molecule has 0 atom stereocenters. The maximum absolute atomic E-state index is 13.7. The summed E-state index contributed by atoms with van der Waals surface area (Å²) in [7, 11) is 0. The number of aryl methyl sites for hydroxylation is 1. The maximum atomic E-state index is 13.7. The second-order valence-corrected chi connectivity index (χ2v) is 4.98. The lowest BCUT2D eigenvalue weighted by atomic mass is 10.1. The number of halogens is 1. The summed E-state index contributed by atoms with van der Waals surface area (Å²) in [5.74, 6) is 0.911. The van der Waals surface area contributed by atoms with Crippen LogP contribution < -0.4 is 4.74 Å². The average molecular weight is 258 g/mol. The number of hydrogen-bond donors (Lipinski definition) is 0. The summed E-state index contributed by atoms with van der Waals surface area (Å²) in [6.07, 6.45) is 5.62. The predicted octanol–water partition coefficient (Wildman–Crippen LogP) is 3.38. The number of rotatable bonds is 4. The van der Waals surface area contributed by atoms with Crippen LogP contribution >= 0.6 is 0 Å². The minimum atomic E-state index is -0.304. The van der Waals surface area contributed by atoms with Gasteiger partial charge in [0.2, 0.25) is 0 Å². The van der Waals surface area contributed by atoms with E-state index in [0.717, 1.165) is 16.8 Å². The van der Waals surface area contributed by atoms with Gasteiger partial charge < -0.3 is 4.74 Å². The van der Waals surface area contributed by atoms with Gasteiger partial charge in [-0.3, -0.25) is 0 Å². The zero-order valence-corrected chi connectivity index (χ0v) is 10.8. The van der Waals surface area contributed by atoms with E-state index in [-0.39, 0.29) is 5.82 Å². The van der Waals surface area contributed by atoms with Crippen LogP contribution in [0.15, 0.2) is 30.7 Å². The maximum Gasteiger partial charge on any atom is 0.127 e. The molecule has 0 spiro atoms. The normalized spacial score (nSPS) is 14.4. The van der Waals surface area contributed by atoms with Crippen molar-refractivity contribution in [3.05, 3.63) is 42.1 Å². The first-order valence-electron chi connectivity index (χ1n) is 6.43. The Morgan fingerprint density at radius 3 is 2.89 bits per heavy atom. The van der Waals surface area contributed by atoms with E-state index in [9.17, 15) is 4.39 Å². The molecule has 98 valence electrons. The lowest BCUT2D eigenvalue weighted by Crippen LogP contribution is -2.00. The van der Waals surface area contributed by atoms with Gasteiger partial charge in [-0.25, -0.2) is 14.4 Å².